The molecule has 0 aromatic carbocycles. The van der Waals surface area contributed by atoms with E-state index in [1.165, 1.54) is 6.08 Å². The Morgan fingerprint density at radius 1 is 1.44 bits per heavy atom. The van der Waals surface area contributed by atoms with Crippen LogP contribution in [0, 0.1) is 5.41 Å². The third-order valence-electron chi connectivity index (χ3n) is 2.15. The number of nitrogens with one attached hydrogen (secondary N) is 1. The maximum Gasteiger partial charge on any atom is 0.534 e. The zero-order valence-electron chi connectivity index (χ0n) is 8.76. The van der Waals surface area contributed by atoms with E-state index in [1.54, 1.807) is 13.8 Å². The molecule has 4 nitrogen and oxygen atoms in total. The van der Waals surface area contributed by atoms with E-state index in [0.717, 1.165) is 0 Å². The van der Waals surface area contributed by atoms with Crippen molar-refractivity contribution in [1.82, 2.24) is 5.32 Å². The molecule has 8 heteroatoms. The Bertz CT molecular complexity index is 397. The SMILES string of the molecule is CC1(C)CNCC=C1OS(=O)(=O)C(F)(F)F. The molecule has 1 rings (SSSR count). The molecule has 0 aliphatic carbocycles. The Kier molecular flexibility index (Phi) is 3.26. The van der Waals surface area contributed by atoms with Crippen LogP contribution < -0.4 is 5.32 Å². The number of alkyl halides is 3. The van der Waals surface area contributed by atoms with Gasteiger partial charge in [-0.1, -0.05) is 13.8 Å². The lowest BCUT2D eigenvalue weighted by molar-refractivity contribution is -0.0532. The Labute approximate surface area is 91.6 Å². The van der Waals surface area contributed by atoms with Gasteiger partial charge in [0.15, 0.2) is 0 Å². The smallest absolute Gasteiger partial charge is 0.380 e. The minimum Gasteiger partial charge on any atom is -0.380 e. The van der Waals surface area contributed by atoms with Crippen LogP contribution in [0.3, 0.4) is 0 Å². The molecule has 0 aromatic rings. The van der Waals surface area contributed by atoms with Gasteiger partial charge < -0.3 is 9.50 Å². The van der Waals surface area contributed by atoms with Crippen LogP contribution >= 0.6 is 0 Å². The van der Waals surface area contributed by atoms with Crippen molar-refractivity contribution in [2.24, 2.45) is 5.41 Å². The van der Waals surface area contributed by atoms with Crippen molar-refractivity contribution < 1.29 is 25.8 Å². The fourth-order valence-electron chi connectivity index (χ4n) is 1.23. The highest BCUT2D eigenvalue weighted by atomic mass is 32.2. The van der Waals surface area contributed by atoms with Gasteiger partial charge in [-0.2, -0.15) is 21.6 Å². The van der Waals surface area contributed by atoms with Crippen LogP contribution in [0.25, 0.3) is 0 Å². The van der Waals surface area contributed by atoms with E-state index in [4.69, 9.17) is 0 Å². The summed E-state index contributed by atoms with van der Waals surface area (Å²) in [5.41, 5.74) is -6.18. The molecule has 0 radical (unpaired) electrons. The normalized spacial score (nSPS) is 21.4. The van der Waals surface area contributed by atoms with E-state index in [-0.39, 0.29) is 12.3 Å². The summed E-state index contributed by atoms with van der Waals surface area (Å²) in [6, 6.07) is 0. The summed E-state index contributed by atoms with van der Waals surface area (Å²) in [7, 11) is -5.56. The zero-order valence-corrected chi connectivity index (χ0v) is 9.57. The summed E-state index contributed by atoms with van der Waals surface area (Å²) in [5.74, 6) is -0.177. The van der Waals surface area contributed by atoms with Crippen LogP contribution in [0.4, 0.5) is 13.2 Å². The standard InChI is InChI=1S/C8H12F3NO3S/c1-7(2)5-12-4-3-6(7)15-16(13,14)8(9,10)11/h3,12H,4-5H2,1-2H3. The molecule has 0 unspecified atom stereocenters. The van der Waals surface area contributed by atoms with Crippen molar-refractivity contribution >= 4 is 10.1 Å². The monoisotopic (exact) mass is 259 g/mol. The highest BCUT2D eigenvalue weighted by molar-refractivity contribution is 7.87. The molecule has 94 valence electrons. The van der Waals surface area contributed by atoms with Gasteiger partial charge in [0.05, 0.1) is 0 Å². The van der Waals surface area contributed by atoms with Gasteiger partial charge in [-0.15, -0.1) is 0 Å². The molecule has 1 N–H and O–H groups in total. The topological polar surface area (TPSA) is 55.4 Å². The molecule has 0 spiro atoms. The highest BCUT2D eigenvalue weighted by Crippen LogP contribution is 2.34. The summed E-state index contributed by atoms with van der Waals surface area (Å²) in [5, 5.41) is 2.90. The minimum atomic E-state index is -5.56. The third kappa shape index (κ3) is 2.67. The maximum absolute atomic E-state index is 12.1. The molecular formula is C8H12F3NO3S. The summed E-state index contributed by atoms with van der Waals surface area (Å²) < 4.78 is 62.0. The quantitative estimate of drug-likeness (QED) is 0.601. The van der Waals surface area contributed by atoms with E-state index < -0.39 is 21.0 Å². The van der Waals surface area contributed by atoms with E-state index >= 15 is 0 Å². The van der Waals surface area contributed by atoms with E-state index in [9.17, 15) is 21.6 Å². The van der Waals surface area contributed by atoms with Crippen molar-refractivity contribution in [3.8, 4) is 0 Å². The first-order chi connectivity index (χ1) is 7.06. The molecule has 0 saturated heterocycles. The van der Waals surface area contributed by atoms with Gasteiger partial charge in [0, 0.05) is 18.5 Å². The van der Waals surface area contributed by atoms with E-state index in [1.807, 2.05) is 0 Å². The number of hydrogen-bond donors (Lipinski definition) is 1. The molecule has 1 aliphatic rings. The van der Waals surface area contributed by atoms with Crippen molar-refractivity contribution in [1.29, 1.82) is 0 Å². The summed E-state index contributed by atoms with van der Waals surface area (Å²) >= 11 is 0. The lowest BCUT2D eigenvalue weighted by atomic mass is 9.88. The Hall–Kier alpha value is -0.760. The largest absolute Gasteiger partial charge is 0.534 e. The lowest BCUT2D eigenvalue weighted by Crippen LogP contribution is -2.38. The maximum atomic E-state index is 12.1. The van der Waals surface area contributed by atoms with Gasteiger partial charge >= 0.3 is 15.6 Å². The fraction of sp³-hybridized carbons (Fsp3) is 0.750. The van der Waals surface area contributed by atoms with Crippen LogP contribution in [0.5, 0.6) is 0 Å². The van der Waals surface area contributed by atoms with Crippen LogP contribution in [0.1, 0.15) is 13.8 Å². The second-order valence-corrected chi connectivity index (χ2v) is 5.60. The van der Waals surface area contributed by atoms with Crippen molar-refractivity contribution in [3.05, 3.63) is 11.8 Å². The molecule has 0 atom stereocenters. The zero-order chi connectivity index (χ0) is 12.6. The number of hydrogen-bond acceptors (Lipinski definition) is 4. The third-order valence-corrected chi connectivity index (χ3v) is 3.11. The van der Waals surface area contributed by atoms with E-state index in [2.05, 4.69) is 9.50 Å². The van der Waals surface area contributed by atoms with Gasteiger partial charge in [-0.3, -0.25) is 0 Å². The number of rotatable bonds is 2. The summed E-state index contributed by atoms with van der Waals surface area (Å²) in [4.78, 5) is 0. The lowest BCUT2D eigenvalue weighted by Gasteiger charge is -2.31. The molecule has 0 bridgehead atoms. The van der Waals surface area contributed by atoms with Crippen molar-refractivity contribution in [2.45, 2.75) is 19.4 Å². The molecule has 1 heterocycles. The summed E-state index contributed by atoms with van der Waals surface area (Å²) in [6.07, 6.45) is 1.30. The average Bonchev–Trinajstić information content (AvgIpc) is 2.06. The second kappa shape index (κ2) is 3.92. The van der Waals surface area contributed by atoms with Gasteiger partial charge in [-0.05, 0) is 6.08 Å². The Balaban J connectivity index is 2.94. The first kappa shape index (κ1) is 13.3. The predicted molar refractivity (Wildman–Crippen MR) is 50.8 cm³/mol. The highest BCUT2D eigenvalue weighted by Gasteiger charge is 2.50. The van der Waals surface area contributed by atoms with Crippen LogP contribution in [-0.4, -0.2) is 27.0 Å². The molecular weight excluding hydrogens is 247 g/mol. The fourth-order valence-corrected chi connectivity index (χ4v) is 1.85. The van der Waals surface area contributed by atoms with Crippen LogP contribution in [-0.2, 0) is 14.3 Å². The van der Waals surface area contributed by atoms with Crippen molar-refractivity contribution in [3.63, 3.8) is 0 Å². The predicted octanol–water partition coefficient (Wildman–Crippen LogP) is 1.37. The average molecular weight is 259 g/mol. The minimum absolute atomic E-state index is 0.177. The van der Waals surface area contributed by atoms with E-state index in [0.29, 0.717) is 6.54 Å². The van der Waals surface area contributed by atoms with Crippen LogP contribution in [0.2, 0.25) is 0 Å². The molecule has 0 saturated carbocycles. The van der Waals surface area contributed by atoms with Gasteiger partial charge in [0.2, 0.25) is 0 Å². The molecule has 0 amide bonds. The first-order valence-corrected chi connectivity index (χ1v) is 5.89. The molecule has 16 heavy (non-hydrogen) atoms. The first-order valence-electron chi connectivity index (χ1n) is 4.48. The van der Waals surface area contributed by atoms with Crippen LogP contribution in [0.15, 0.2) is 11.8 Å². The molecule has 0 aromatic heterocycles. The second-order valence-electron chi connectivity index (χ2n) is 4.07. The van der Waals surface area contributed by atoms with Gasteiger partial charge in [0.1, 0.15) is 5.76 Å². The van der Waals surface area contributed by atoms with Gasteiger partial charge in [-0.25, -0.2) is 0 Å². The Morgan fingerprint density at radius 3 is 2.44 bits per heavy atom. The Morgan fingerprint density at radius 2 is 2.00 bits per heavy atom. The van der Waals surface area contributed by atoms with Crippen molar-refractivity contribution in [2.75, 3.05) is 13.1 Å². The van der Waals surface area contributed by atoms with Gasteiger partial charge in [0.25, 0.3) is 0 Å². The molecule has 1 aliphatic heterocycles. The number of halogens is 3. The summed E-state index contributed by atoms with van der Waals surface area (Å²) in [6.45, 7) is 3.83. The molecule has 0 fully saturated rings.